The molecule has 0 radical (unpaired) electrons. The smallest absolute Gasteiger partial charge is 0.246 e. The third-order valence-electron chi connectivity index (χ3n) is 3.85. The molecule has 1 aliphatic heterocycles. The van der Waals surface area contributed by atoms with Crippen molar-refractivity contribution in [3.63, 3.8) is 0 Å². The zero-order valence-electron chi connectivity index (χ0n) is 14.1. The number of aryl methyl sites for hydroxylation is 2. The Morgan fingerprint density at radius 3 is 2.17 bits per heavy atom. The quantitative estimate of drug-likeness (QED) is 0.829. The maximum Gasteiger partial charge on any atom is 0.246 e. The first-order valence-corrected chi connectivity index (χ1v) is 9.49. The number of ether oxygens (including phenoxy) is 1. The van der Waals surface area contributed by atoms with E-state index < -0.39 is 16.1 Å². The number of carbonyl (C=O) groups is 1. The molecule has 7 heteroatoms. The summed E-state index contributed by atoms with van der Waals surface area (Å²) in [5.74, 6) is -0.196. The van der Waals surface area contributed by atoms with E-state index in [2.05, 4.69) is 0 Å². The van der Waals surface area contributed by atoms with Crippen LogP contribution < -0.4 is 4.31 Å². The van der Waals surface area contributed by atoms with E-state index in [9.17, 15) is 13.2 Å². The summed E-state index contributed by atoms with van der Waals surface area (Å²) in [5.41, 5.74) is 2.44. The Labute approximate surface area is 138 Å². The van der Waals surface area contributed by atoms with Crippen molar-refractivity contribution in [1.29, 1.82) is 0 Å². The number of hydrogen-bond donors (Lipinski definition) is 0. The summed E-state index contributed by atoms with van der Waals surface area (Å²) in [6.45, 7) is 7.41. The molecule has 0 saturated carbocycles. The van der Waals surface area contributed by atoms with Crippen LogP contribution in [0.2, 0.25) is 0 Å². The third-order valence-corrected chi connectivity index (χ3v) is 5.09. The predicted molar refractivity (Wildman–Crippen MR) is 90.1 cm³/mol. The van der Waals surface area contributed by atoms with Crippen LogP contribution in [0.25, 0.3) is 0 Å². The van der Waals surface area contributed by atoms with Crippen LogP contribution >= 0.6 is 0 Å². The number of hydrogen-bond acceptors (Lipinski definition) is 4. The third kappa shape index (κ3) is 4.23. The Bertz CT molecular complexity index is 661. The molecule has 0 aliphatic carbocycles. The van der Waals surface area contributed by atoms with Crippen LogP contribution in [-0.4, -0.2) is 57.8 Å². The molecule has 1 heterocycles. The maximum atomic E-state index is 12.7. The van der Waals surface area contributed by atoms with Gasteiger partial charge in [-0.3, -0.25) is 9.10 Å². The highest BCUT2D eigenvalue weighted by Gasteiger charge is 2.32. The maximum absolute atomic E-state index is 12.7. The molecule has 1 saturated heterocycles. The minimum atomic E-state index is -3.58. The van der Waals surface area contributed by atoms with Gasteiger partial charge in [-0.25, -0.2) is 8.42 Å². The number of sulfonamides is 1. The molecule has 128 valence electrons. The molecule has 2 rings (SSSR count). The van der Waals surface area contributed by atoms with Gasteiger partial charge < -0.3 is 9.64 Å². The first-order valence-electron chi connectivity index (χ1n) is 7.64. The molecule has 0 aromatic heterocycles. The Morgan fingerprint density at radius 2 is 1.70 bits per heavy atom. The van der Waals surface area contributed by atoms with Gasteiger partial charge in [-0.1, -0.05) is 6.07 Å². The van der Waals surface area contributed by atoms with E-state index >= 15 is 0 Å². The minimum absolute atomic E-state index is 0.196. The largest absolute Gasteiger partial charge is 0.378 e. The number of nitrogens with zero attached hydrogens (tertiary/aromatic N) is 2. The van der Waals surface area contributed by atoms with Crippen molar-refractivity contribution in [1.82, 2.24) is 4.90 Å². The summed E-state index contributed by atoms with van der Waals surface area (Å²) in [7, 11) is -3.58. The molecule has 0 bridgehead atoms. The molecule has 1 unspecified atom stereocenters. The van der Waals surface area contributed by atoms with Gasteiger partial charge in [0.1, 0.15) is 6.04 Å². The van der Waals surface area contributed by atoms with E-state index in [-0.39, 0.29) is 5.91 Å². The van der Waals surface area contributed by atoms with Crippen LogP contribution in [0.3, 0.4) is 0 Å². The van der Waals surface area contributed by atoms with Crippen LogP contribution in [0.5, 0.6) is 0 Å². The standard InChI is InChI=1S/C16H24N2O4S/c1-12-9-13(2)11-15(10-12)18(23(4,20)21)14(3)16(19)17-5-7-22-8-6-17/h9-11,14H,5-8H2,1-4H3. The summed E-state index contributed by atoms with van der Waals surface area (Å²) >= 11 is 0. The topological polar surface area (TPSA) is 66.9 Å². The molecule has 6 nitrogen and oxygen atoms in total. The van der Waals surface area contributed by atoms with Crippen LogP contribution in [-0.2, 0) is 19.6 Å². The van der Waals surface area contributed by atoms with Gasteiger partial charge in [-0.05, 0) is 44.0 Å². The molecule has 0 spiro atoms. The molecule has 1 aliphatic rings. The van der Waals surface area contributed by atoms with Crippen LogP contribution in [0, 0.1) is 13.8 Å². The predicted octanol–water partition coefficient (Wildman–Crippen LogP) is 1.32. The van der Waals surface area contributed by atoms with Gasteiger partial charge in [-0.15, -0.1) is 0 Å². The summed E-state index contributed by atoms with van der Waals surface area (Å²) in [6, 6.07) is 4.76. The molecule has 1 aromatic rings. The summed E-state index contributed by atoms with van der Waals surface area (Å²) in [6.07, 6.45) is 1.13. The van der Waals surface area contributed by atoms with Crippen molar-refractivity contribution in [2.75, 3.05) is 36.9 Å². The van der Waals surface area contributed by atoms with Crippen LogP contribution in [0.4, 0.5) is 5.69 Å². The first-order chi connectivity index (χ1) is 10.7. The van der Waals surface area contributed by atoms with Gasteiger partial charge in [0.25, 0.3) is 0 Å². The van der Waals surface area contributed by atoms with Gasteiger partial charge in [0.2, 0.25) is 15.9 Å². The Morgan fingerprint density at radius 1 is 1.17 bits per heavy atom. The number of rotatable bonds is 4. The molecule has 1 atom stereocenters. The van der Waals surface area contributed by atoms with E-state index in [1.165, 1.54) is 4.31 Å². The lowest BCUT2D eigenvalue weighted by molar-refractivity contribution is -0.136. The van der Waals surface area contributed by atoms with E-state index in [1.807, 2.05) is 19.9 Å². The zero-order valence-corrected chi connectivity index (χ0v) is 14.9. The lowest BCUT2D eigenvalue weighted by Crippen LogP contribution is -2.52. The van der Waals surface area contributed by atoms with Gasteiger partial charge in [0.05, 0.1) is 25.2 Å². The molecule has 23 heavy (non-hydrogen) atoms. The molecule has 1 aromatic carbocycles. The SMILES string of the molecule is Cc1cc(C)cc(N(C(C)C(=O)N2CCOCC2)S(C)(=O)=O)c1. The lowest BCUT2D eigenvalue weighted by atomic mass is 10.1. The van der Waals surface area contributed by atoms with Crippen LogP contribution in [0.15, 0.2) is 18.2 Å². The number of benzene rings is 1. The summed E-state index contributed by atoms with van der Waals surface area (Å²) in [5, 5.41) is 0. The van der Waals surface area contributed by atoms with Crippen molar-refractivity contribution >= 4 is 21.6 Å². The molecule has 0 N–H and O–H groups in total. The highest BCUT2D eigenvalue weighted by Crippen LogP contribution is 2.24. The van der Waals surface area contributed by atoms with E-state index in [4.69, 9.17) is 4.74 Å². The fourth-order valence-electron chi connectivity index (χ4n) is 2.93. The summed E-state index contributed by atoms with van der Waals surface area (Å²) in [4.78, 5) is 14.4. The molecule has 1 fully saturated rings. The average molecular weight is 340 g/mol. The second-order valence-electron chi connectivity index (χ2n) is 6.02. The highest BCUT2D eigenvalue weighted by molar-refractivity contribution is 7.92. The van der Waals surface area contributed by atoms with Crippen LogP contribution in [0.1, 0.15) is 18.1 Å². The fourth-order valence-corrected chi connectivity index (χ4v) is 4.08. The van der Waals surface area contributed by atoms with Gasteiger partial charge in [0.15, 0.2) is 0 Å². The van der Waals surface area contributed by atoms with Gasteiger partial charge >= 0.3 is 0 Å². The second-order valence-corrected chi connectivity index (χ2v) is 7.88. The lowest BCUT2D eigenvalue weighted by Gasteiger charge is -2.34. The Hall–Kier alpha value is -1.60. The fraction of sp³-hybridized carbons (Fsp3) is 0.562. The Balaban J connectivity index is 2.36. The normalized spacial score (nSPS) is 17.0. The highest BCUT2D eigenvalue weighted by atomic mass is 32.2. The van der Waals surface area contributed by atoms with E-state index in [0.717, 1.165) is 17.4 Å². The summed E-state index contributed by atoms with van der Waals surface area (Å²) < 4.78 is 31.1. The first kappa shape index (κ1) is 17.7. The van der Waals surface area contributed by atoms with Crippen molar-refractivity contribution in [2.45, 2.75) is 26.8 Å². The monoisotopic (exact) mass is 340 g/mol. The van der Waals surface area contributed by atoms with Crippen molar-refractivity contribution in [3.05, 3.63) is 29.3 Å². The van der Waals surface area contributed by atoms with E-state index in [1.54, 1.807) is 24.0 Å². The Kier molecular flexibility index (Phi) is 5.31. The van der Waals surface area contributed by atoms with Crippen molar-refractivity contribution in [2.24, 2.45) is 0 Å². The number of amides is 1. The molecular formula is C16H24N2O4S. The van der Waals surface area contributed by atoms with Gasteiger partial charge in [0, 0.05) is 13.1 Å². The van der Waals surface area contributed by atoms with Crippen molar-refractivity contribution < 1.29 is 17.9 Å². The second kappa shape index (κ2) is 6.88. The van der Waals surface area contributed by atoms with E-state index in [0.29, 0.717) is 32.0 Å². The average Bonchev–Trinajstić information content (AvgIpc) is 2.45. The van der Waals surface area contributed by atoms with Crippen molar-refractivity contribution in [3.8, 4) is 0 Å². The molecular weight excluding hydrogens is 316 g/mol. The minimum Gasteiger partial charge on any atom is -0.378 e. The zero-order chi connectivity index (χ0) is 17.2. The number of carbonyl (C=O) groups excluding carboxylic acids is 1. The molecule has 1 amide bonds. The number of morpholine rings is 1. The number of anilines is 1. The van der Waals surface area contributed by atoms with Gasteiger partial charge in [-0.2, -0.15) is 0 Å².